The van der Waals surface area contributed by atoms with E-state index in [1.54, 1.807) is 0 Å². The van der Waals surface area contributed by atoms with Gasteiger partial charge in [-0.15, -0.1) is 0 Å². The van der Waals surface area contributed by atoms with Crippen LogP contribution >= 0.6 is 0 Å². The summed E-state index contributed by atoms with van der Waals surface area (Å²) in [7, 11) is 0. The molecule has 0 radical (unpaired) electrons. The van der Waals surface area contributed by atoms with E-state index in [0.29, 0.717) is 0 Å². The average molecular weight is 383 g/mol. The van der Waals surface area contributed by atoms with Crippen molar-refractivity contribution < 1.29 is 4.74 Å². The Balaban J connectivity index is 3.35. The maximum absolute atomic E-state index is 6.27. The van der Waals surface area contributed by atoms with Gasteiger partial charge in [-0.1, -0.05) is 124 Å². The second-order valence-corrected chi connectivity index (χ2v) is 9.53. The van der Waals surface area contributed by atoms with Gasteiger partial charge in [0.2, 0.25) is 0 Å². The van der Waals surface area contributed by atoms with Crippen molar-refractivity contribution in [2.75, 3.05) is 6.61 Å². The lowest BCUT2D eigenvalue weighted by Gasteiger charge is -2.29. The van der Waals surface area contributed by atoms with Crippen LogP contribution in [0.15, 0.2) is 0 Å². The first-order valence-electron chi connectivity index (χ1n) is 12.7. The molecule has 1 heteroatoms. The summed E-state index contributed by atoms with van der Waals surface area (Å²) < 4.78 is 6.27. The molecule has 0 aromatic heterocycles. The third-order valence-electron chi connectivity index (χ3n) is 6.18. The van der Waals surface area contributed by atoms with E-state index < -0.39 is 0 Å². The molecule has 164 valence electrons. The lowest BCUT2D eigenvalue weighted by molar-refractivity contribution is -0.0437. The fourth-order valence-electron chi connectivity index (χ4n) is 3.85. The molecule has 0 aromatic rings. The van der Waals surface area contributed by atoms with Crippen LogP contribution in [-0.4, -0.2) is 12.2 Å². The molecule has 0 saturated carbocycles. The zero-order valence-corrected chi connectivity index (χ0v) is 19.9. The van der Waals surface area contributed by atoms with Gasteiger partial charge in [0.15, 0.2) is 0 Å². The standard InChI is InChI=1S/C26H54O/c1-6-8-9-10-11-12-13-14-15-16-17-18-19-20-24-27-26(5,7-2)23-21-22-25(3)4/h25H,6-24H2,1-5H3. The Morgan fingerprint density at radius 1 is 0.630 bits per heavy atom. The molecular weight excluding hydrogens is 328 g/mol. The molecule has 0 rings (SSSR count). The zero-order valence-electron chi connectivity index (χ0n) is 19.9. The molecule has 27 heavy (non-hydrogen) atoms. The Kier molecular flexibility index (Phi) is 19.3. The van der Waals surface area contributed by atoms with Gasteiger partial charge in [-0.3, -0.25) is 0 Å². The van der Waals surface area contributed by atoms with Crippen molar-refractivity contribution >= 4 is 0 Å². The van der Waals surface area contributed by atoms with Gasteiger partial charge >= 0.3 is 0 Å². The molecule has 1 atom stereocenters. The monoisotopic (exact) mass is 382 g/mol. The van der Waals surface area contributed by atoms with Crippen LogP contribution in [0.25, 0.3) is 0 Å². The molecule has 0 N–H and O–H groups in total. The maximum atomic E-state index is 6.27. The van der Waals surface area contributed by atoms with Crippen LogP contribution in [0.2, 0.25) is 0 Å². The van der Waals surface area contributed by atoms with Crippen LogP contribution in [0.5, 0.6) is 0 Å². The Labute approximate surface area is 173 Å². The third-order valence-corrected chi connectivity index (χ3v) is 6.18. The van der Waals surface area contributed by atoms with Gasteiger partial charge in [0, 0.05) is 6.61 Å². The molecular formula is C26H54O. The Morgan fingerprint density at radius 2 is 1.07 bits per heavy atom. The minimum atomic E-state index is 0.116. The summed E-state index contributed by atoms with van der Waals surface area (Å²) in [4.78, 5) is 0. The molecule has 0 bridgehead atoms. The van der Waals surface area contributed by atoms with Crippen molar-refractivity contribution in [3.63, 3.8) is 0 Å². The van der Waals surface area contributed by atoms with Gasteiger partial charge in [-0.2, -0.15) is 0 Å². The highest BCUT2D eigenvalue weighted by Crippen LogP contribution is 2.24. The first-order valence-corrected chi connectivity index (χ1v) is 12.7. The lowest BCUT2D eigenvalue weighted by Crippen LogP contribution is -2.28. The quantitative estimate of drug-likeness (QED) is 0.180. The smallest absolute Gasteiger partial charge is 0.0651 e. The van der Waals surface area contributed by atoms with Gasteiger partial charge in [0.05, 0.1) is 5.60 Å². The number of hydrogen-bond acceptors (Lipinski definition) is 1. The molecule has 0 spiro atoms. The van der Waals surface area contributed by atoms with E-state index in [-0.39, 0.29) is 5.60 Å². The summed E-state index contributed by atoms with van der Waals surface area (Å²) in [5.41, 5.74) is 0.116. The van der Waals surface area contributed by atoms with Gasteiger partial charge < -0.3 is 4.74 Å². The van der Waals surface area contributed by atoms with Crippen LogP contribution in [0.3, 0.4) is 0 Å². The van der Waals surface area contributed by atoms with Crippen molar-refractivity contribution in [3.8, 4) is 0 Å². The molecule has 0 fully saturated rings. The largest absolute Gasteiger partial charge is 0.375 e. The van der Waals surface area contributed by atoms with E-state index in [0.717, 1.165) is 18.9 Å². The van der Waals surface area contributed by atoms with Crippen molar-refractivity contribution in [2.24, 2.45) is 5.92 Å². The molecule has 1 unspecified atom stereocenters. The molecule has 1 nitrogen and oxygen atoms in total. The lowest BCUT2D eigenvalue weighted by atomic mass is 9.93. The molecule has 0 aliphatic heterocycles. The van der Waals surface area contributed by atoms with Crippen LogP contribution in [0, 0.1) is 5.92 Å². The maximum Gasteiger partial charge on any atom is 0.0651 e. The molecule has 0 heterocycles. The summed E-state index contributed by atoms with van der Waals surface area (Å²) in [6.45, 7) is 12.5. The Hall–Kier alpha value is -0.0400. The van der Waals surface area contributed by atoms with Gasteiger partial charge in [0.1, 0.15) is 0 Å². The van der Waals surface area contributed by atoms with Crippen LogP contribution < -0.4 is 0 Å². The Bertz CT molecular complexity index is 286. The highest BCUT2D eigenvalue weighted by atomic mass is 16.5. The summed E-state index contributed by atoms with van der Waals surface area (Å²) in [5.74, 6) is 0.817. The second kappa shape index (κ2) is 19.3. The van der Waals surface area contributed by atoms with Crippen LogP contribution in [0.4, 0.5) is 0 Å². The summed E-state index contributed by atoms with van der Waals surface area (Å²) in [6, 6.07) is 0. The van der Waals surface area contributed by atoms with E-state index in [4.69, 9.17) is 4.74 Å². The number of rotatable bonds is 21. The average Bonchev–Trinajstić information content (AvgIpc) is 2.64. The summed E-state index contributed by atoms with van der Waals surface area (Å²) in [6.07, 6.45) is 24.9. The molecule has 0 saturated heterocycles. The highest BCUT2D eigenvalue weighted by molar-refractivity contribution is 4.73. The SMILES string of the molecule is CCCCCCCCCCCCCCCCOC(C)(CC)CCCC(C)C. The number of ether oxygens (including phenoxy) is 1. The van der Waals surface area contributed by atoms with Crippen LogP contribution in [0.1, 0.15) is 150 Å². The van der Waals surface area contributed by atoms with E-state index in [9.17, 15) is 0 Å². The molecule has 0 aliphatic rings. The first-order chi connectivity index (χ1) is 13.0. The normalized spacial score (nSPS) is 14.0. The van der Waals surface area contributed by atoms with E-state index in [1.165, 1.54) is 109 Å². The van der Waals surface area contributed by atoms with Gasteiger partial charge in [-0.05, 0) is 32.1 Å². The molecule has 0 aliphatic carbocycles. The summed E-state index contributed by atoms with van der Waals surface area (Å²) >= 11 is 0. The minimum absolute atomic E-state index is 0.116. The van der Waals surface area contributed by atoms with Crippen LogP contribution in [-0.2, 0) is 4.74 Å². The second-order valence-electron chi connectivity index (χ2n) is 9.53. The van der Waals surface area contributed by atoms with Gasteiger partial charge in [0.25, 0.3) is 0 Å². The number of unbranched alkanes of at least 4 members (excludes halogenated alkanes) is 13. The van der Waals surface area contributed by atoms with Gasteiger partial charge in [-0.25, -0.2) is 0 Å². The van der Waals surface area contributed by atoms with Crippen molar-refractivity contribution in [1.29, 1.82) is 0 Å². The predicted octanol–water partition coefficient (Wildman–Crippen LogP) is 9.48. The fourth-order valence-corrected chi connectivity index (χ4v) is 3.85. The highest BCUT2D eigenvalue weighted by Gasteiger charge is 2.21. The minimum Gasteiger partial charge on any atom is -0.375 e. The van der Waals surface area contributed by atoms with Crippen molar-refractivity contribution in [3.05, 3.63) is 0 Å². The predicted molar refractivity (Wildman–Crippen MR) is 124 cm³/mol. The van der Waals surface area contributed by atoms with Crippen molar-refractivity contribution in [1.82, 2.24) is 0 Å². The fraction of sp³-hybridized carbons (Fsp3) is 1.00. The number of hydrogen-bond donors (Lipinski definition) is 0. The molecule has 0 aromatic carbocycles. The van der Waals surface area contributed by atoms with Crippen molar-refractivity contribution in [2.45, 2.75) is 156 Å². The first kappa shape index (κ1) is 27.0. The van der Waals surface area contributed by atoms with E-state index in [1.807, 2.05) is 0 Å². The third kappa shape index (κ3) is 19.1. The zero-order chi connectivity index (χ0) is 20.2. The molecule has 0 amide bonds. The van der Waals surface area contributed by atoms with E-state index >= 15 is 0 Å². The summed E-state index contributed by atoms with van der Waals surface area (Å²) in [5, 5.41) is 0. The Morgan fingerprint density at radius 3 is 1.48 bits per heavy atom. The topological polar surface area (TPSA) is 9.23 Å². The van der Waals surface area contributed by atoms with E-state index in [2.05, 4.69) is 34.6 Å².